The number of carbonyl (C=O) groups is 1. The van der Waals surface area contributed by atoms with E-state index in [4.69, 9.17) is 4.74 Å². The Morgan fingerprint density at radius 1 is 1.11 bits per heavy atom. The number of sulfonamides is 1. The minimum Gasteiger partial charge on any atom is -0.476 e. The van der Waals surface area contributed by atoms with Gasteiger partial charge in [-0.25, -0.2) is 17.8 Å². The number of carbonyl (C=O) groups excluding carboxylic acids is 1. The minimum absolute atomic E-state index is 0.0762. The van der Waals surface area contributed by atoms with E-state index in [1.54, 1.807) is 16.9 Å². The van der Waals surface area contributed by atoms with Gasteiger partial charge in [-0.1, -0.05) is 39.8 Å². The van der Waals surface area contributed by atoms with Crippen LogP contribution in [0.5, 0.6) is 5.88 Å². The molecule has 0 radical (unpaired) electrons. The zero-order valence-electron chi connectivity index (χ0n) is 20.6. The van der Waals surface area contributed by atoms with Crippen LogP contribution in [0, 0.1) is 5.92 Å². The van der Waals surface area contributed by atoms with Crippen molar-refractivity contribution in [2.24, 2.45) is 5.92 Å². The molecule has 2 N–H and O–H groups in total. The number of hydrogen-bond acceptors (Lipinski definition) is 8. The third kappa shape index (κ3) is 6.86. The summed E-state index contributed by atoms with van der Waals surface area (Å²) in [6.07, 6.45) is 3.15. The molecule has 1 aromatic carbocycles. The average Bonchev–Trinajstić information content (AvgIpc) is 3.32. The molecule has 1 atom stereocenters. The molecule has 0 spiro atoms. The number of anilines is 1. The minimum atomic E-state index is -4.06. The number of nitrogens with one attached hydrogen (secondary N) is 2. The quantitative estimate of drug-likeness (QED) is 0.362. The first kappa shape index (κ1) is 26.3. The summed E-state index contributed by atoms with van der Waals surface area (Å²) in [5, 5.41) is 7.59. The van der Waals surface area contributed by atoms with Gasteiger partial charge in [0.05, 0.1) is 4.90 Å². The Labute approximate surface area is 206 Å². The molecule has 0 bridgehead atoms. The van der Waals surface area contributed by atoms with Gasteiger partial charge in [0.1, 0.15) is 12.9 Å². The van der Waals surface area contributed by atoms with E-state index < -0.39 is 10.0 Å². The van der Waals surface area contributed by atoms with Gasteiger partial charge in [-0.2, -0.15) is 15.1 Å². The van der Waals surface area contributed by atoms with Gasteiger partial charge in [-0.05, 0) is 43.5 Å². The van der Waals surface area contributed by atoms with Crippen molar-refractivity contribution in [3.63, 3.8) is 0 Å². The summed E-state index contributed by atoms with van der Waals surface area (Å²) in [6.45, 7) is 8.66. The van der Waals surface area contributed by atoms with Crippen LogP contribution in [-0.2, 0) is 10.0 Å². The van der Waals surface area contributed by atoms with E-state index in [0.717, 1.165) is 12.1 Å². The smallest absolute Gasteiger partial charge is 0.264 e. The Bertz CT molecular complexity index is 1260. The number of likely N-dealkylation sites (N-methyl/N-ethyl adjacent to an activating group) is 1. The van der Waals surface area contributed by atoms with Crippen LogP contribution >= 0.6 is 0 Å². The van der Waals surface area contributed by atoms with Gasteiger partial charge in [0, 0.05) is 29.6 Å². The number of ether oxygens (including phenoxy) is 1. The molecule has 0 saturated heterocycles. The summed E-state index contributed by atoms with van der Waals surface area (Å²) in [6, 6.07) is 9.29. The van der Waals surface area contributed by atoms with Crippen molar-refractivity contribution >= 4 is 22.3 Å². The zero-order valence-corrected chi connectivity index (χ0v) is 21.4. The molecule has 0 amide bonds. The van der Waals surface area contributed by atoms with E-state index in [-0.39, 0.29) is 34.2 Å². The van der Waals surface area contributed by atoms with E-state index in [9.17, 15) is 13.2 Å². The van der Waals surface area contributed by atoms with Gasteiger partial charge in [-0.15, -0.1) is 0 Å². The first-order chi connectivity index (χ1) is 16.6. The van der Waals surface area contributed by atoms with Crippen LogP contribution < -0.4 is 14.8 Å². The first-order valence-electron chi connectivity index (χ1n) is 11.4. The topological polar surface area (TPSA) is 128 Å². The van der Waals surface area contributed by atoms with Crippen LogP contribution in [0.15, 0.2) is 47.5 Å². The van der Waals surface area contributed by atoms with Gasteiger partial charge in [-0.3, -0.25) is 4.79 Å². The second kappa shape index (κ2) is 11.4. The van der Waals surface area contributed by atoms with Gasteiger partial charge in [0.2, 0.25) is 11.8 Å². The van der Waals surface area contributed by atoms with E-state index >= 15 is 0 Å². The van der Waals surface area contributed by atoms with E-state index in [1.807, 2.05) is 27.0 Å². The molecule has 0 aliphatic rings. The van der Waals surface area contributed by atoms with E-state index in [1.165, 1.54) is 24.3 Å². The molecule has 11 heteroatoms. The lowest BCUT2D eigenvalue weighted by atomic mass is 10.0. The third-order valence-electron chi connectivity index (χ3n) is 5.30. The van der Waals surface area contributed by atoms with Gasteiger partial charge in [0.25, 0.3) is 10.0 Å². The molecular weight excluding hydrogens is 468 g/mol. The molecule has 0 fully saturated rings. The molecule has 2 heterocycles. The summed E-state index contributed by atoms with van der Waals surface area (Å²) in [4.78, 5) is 19.7. The van der Waals surface area contributed by atoms with Crippen LogP contribution in [0.1, 0.15) is 56.1 Å². The van der Waals surface area contributed by atoms with Crippen molar-refractivity contribution in [1.82, 2.24) is 25.1 Å². The highest BCUT2D eigenvalue weighted by molar-refractivity contribution is 7.92. The monoisotopic (exact) mass is 500 g/mol. The van der Waals surface area contributed by atoms with Crippen LogP contribution in [0.25, 0.3) is 5.82 Å². The lowest BCUT2D eigenvalue weighted by molar-refractivity contribution is 0.112. The lowest BCUT2D eigenvalue weighted by Gasteiger charge is -2.19. The average molecular weight is 501 g/mol. The van der Waals surface area contributed by atoms with E-state index in [2.05, 4.69) is 39.0 Å². The molecule has 3 rings (SSSR count). The summed E-state index contributed by atoms with van der Waals surface area (Å²) < 4.78 is 36.0. The molecule has 0 aliphatic heterocycles. The number of hydrogen-bond donors (Lipinski definition) is 2. The fraction of sp³-hybridized carbons (Fsp3) is 0.417. The number of aromatic nitrogens is 4. The van der Waals surface area contributed by atoms with Crippen molar-refractivity contribution in [2.45, 2.75) is 51.0 Å². The normalized spacial score (nSPS) is 12.7. The Morgan fingerprint density at radius 2 is 1.89 bits per heavy atom. The predicted octanol–water partition coefficient (Wildman–Crippen LogP) is 3.41. The highest BCUT2D eigenvalue weighted by Crippen LogP contribution is 2.23. The second-order valence-electron chi connectivity index (χ2n) is 8.93. The molecule has 0 unspecified atom stereocenters. The summed E-state index contributed by atoms with van der Waals surface area (Å²) in [5.41, 5.74) is 1.14. The van der Waals surface area contributed by atoms with E-state index in [0.29, 0.717) is 24.6 Å². The van der Waals surface area contributed by atoms with Crippen LogP contribution in [0.2, 0.25) is 0 Å². The number of nitrogens with zero attached hydrogens (tertiary/aromatic N) is 4. The summed E-state index contributed by atoms with van der Waals surface area (Å²) in [7, 11) is -2.19. The van der Waals surface area contributed by atoms with Crippen molar-refractivity contribution in [3.05, 3.63) is 53.9 Å². The largest absolute Gasteiger partial charge is 0.476 e. The molecule has 35 heavy (non-hydrogen) atoms. The number of aldehydes is 1. The van der Waals surface area contributed by atoms with Gasteiger partial charge < -0.3 is 10.1 Å². The third-order valence-corrected chi connectivity index (χ3v) is 6.62. The summed E-state index contributed by atoms with van der Waals surface area (Å²) >= 11 is 0. The van der Waals surface area contributed by atoms with Gasteiger partial charge >= 0.3 is 0 Å². The zero-order chi connectivity index (χ0) is 25.6. The van der Waals surface area contributed by atoms with Crippen molar-refractivity contribution in [2.75, 3.05) is 18.4 Å². The van der Waals surface area contributed by atoms with Crippen LogP contribution in [0.3, 0.4) is 0 Å². The number of benzene rings is 1. The fourth-order valence-electron chi connectivity index (χ4n) is 3.54. The maximum absolute atomic E-state index is 13.0. The van der Waals surface area contributed by atoms with Crippen molar-refractivity contribution in [3.8, 4) is 11.7 Å². The van der Waals surface area contributed by atoms with Crippen molar-refractivity contribution in [1.29, 1.82) is 0 Å². The highest BCUT2D eigenvalue weighted by Gasteiger charge is 2.20. The SMILES string of the molecule is CN[C@@H](COc1cc(-n2nccc2C(C)C)nc(NS(=O)(=O)c2cccc(C=O)c2)n1)CC(C)C. The first-order valence-corrected chi connectivity index (χ1v) is 12.9. The Balaban J connectivity index is 1.98. The van der Waals surface area contributed by atoms with Crippen molar-refractivity contribution < 1.29 is 17.9 Å². The standard InChI is InChI=1S/C24H32N6O4S/c1-16(2)11-19(25-5)15-34-23-13-22(30-21(17(3)4)9-10-26-30)27-24(28-23)29-35(32,33)20-8-6-7-18(12-20)14-31/h6-10,12-14,16-17,19,25H,11,15H2,1-5H3,(H,27,28,29)/t19-/m1/s1. The maximum Gasteiger partial charge on any atom is 0.264 e. The fourth-order valence-corrected chi connectivity index (χ4v) is 4.54. The predicted molar refractivity (Wildman–Crippen MR) is 134 cm³/mol. The Kier molecular flexibility index (Phi) is 8.57. The Hall–Kier alpha value is -3.31. The molecule has 10 nitrogen and oxygen atoms in total. The molecule has 3 aromatic rings. The van der Waals surface area contributed by atoms with Crippen LogP contribution in [-0.4, -0.2) is 54.1 Å². The molecule has 2 aromatic heterocycles. The molecule has 0 aliphatic carbocycles. The lowest BCUT2D eigenvalue weighted by Crippen LogP contribution is -2.33. The maximum atomic E-state index is 13.0. The second-order valence-corrected chi connectivity index (χ2v) is 10.6. The highest BCUT2D eigenvalue weighted by atomic mass is 32.2. The molecule has 188 valence electrons. The summed E-state index contributed by atoms with van der Waals surface area (Å²) in [5.74, 6) is 1.04. The molecule has 0 saturated carbocycles. The molecular formula is C24H32N6O4S. The van der Waals surface area contributed by atoms with Gasteiger partial charge in [0.15, 0.2) is 5.82 Å². The van der Waals surface area contributed by atoms with Crippen LogP contribution in [0.4, 0.5) is 5.95 Å². The number of rotatable bonds is 12. The Morgan fingerprint density at radius 3 is 2.54 bits per heavy atom.